The molecule has 1 fully saturated rings. The Morgan fingerprint density at radius 3 is 2.50 bits per heavy atom. The molecule has 0 unspecified atom stereocenters. The molecule has 0 radical (unpaired) electrons. The van der Waals surface area contributed by atoms with E-state index >= 15 is 0 Å². The Morgan fingerprint density at radius 1 is 1.20 bits per heavy atom. The molecule has 1 heterocycles. The normalized spacial score (nSPS) is 15.7. The number of nitrogens with zero attached hydrogens (tertiary/aromatic N) is 2. The van der Waals surface area contributed by atoms with Gasteiger partial charge in [-0.3, -0.25) is 9.59 Å². The van der Waals surface area contributed by atoms with Gasteiger partial charge in [0, 0.05) is 33.1 Å². The van der Waals surface area contributed by atoms with Crippen LogP contribution >= 0.6 is 0 Å². The number of hydrogen-bond donors (Lipinski definition) is 2. The van der Waals surface area contributed by atoms with Crippen molar-refractivity contribution in [2.75, 3.05) is 45.8 Å². The van der Waals surface area contributed by atoms with E-state index in [0.29, 0.717) is 13.1 Å². The predicted octanol–water partition coefficient (Wildman–Crippen LogP) is 0.385. The summed E-state index contributed by atoms with van der Waals surface area (Å²) in [5, 5.41) is 11.6. The molecule has 0 aromatic carbocycles. The SMILES string of the molecule is CC(=O)NCCCN(CCC(=O)O)CCN1CCCC1. The summed E-state index contributed by atoms with van der Waals surface area (Å²) in [7, 11) is 0. The Hall–Kier alpha value is -1.14. The minimum atomic E-state index is -0.752. The molecule has 116 valence electrons. The molecule has 0 bridgehead atoms. The zero-order valence-electron chi connectivity index (χ0n) is 12.4. The van der Waals surface area contributed by atoms with Crippen LogP contribution in [-0.2, 0) is 9.59 Å². The zero-order valence-corrected chi connectivity index (χ0v) is 12.4. The van der Waals surface area contributed by atoms with Crippen LogP contribution in [0.25, 0.3) is 0 Å². The number of rotatable bonds is 10. The lowest BCUT2D eigenvalue weighted by molar-refractivity contribution is -0.137. The van der Waals surface area contributed by atoms with Crippen LogP contribution in [0.5, 0.6) is 0 Å². The lowest BCUT2D eigenvalue weighted by Gasteiger charge is -2.24. The van der Waals surface area contributed by atoms with Gasteiger partial charge in [0.25, 0.3) is 0 Å². The zero-order chi connectivity index (χ0) is 14.8. The summed E-state index contributed by atoms with van der Waals surface area (Å²) in [5.74, 6) is -0.766. The molecule has 6 nitrogen and oxygen atoms in total. The maximum absolute atomic E-state index is 10.8. The fraction of sp³-hybridized carbons (Fsp3) is 0.857. The van der Waals surface area contributed by atoms with Crippen LogP contribution < -0.4 is 5.32 Å². The van der Waals surface area contributed by atoms with E-state index in [0.717, 1.165) is 26.1 Å². The number of amides is 1. The van der Waals surface area contributed by atoms with Gasteiger partial charge >= 0.3 is 5.97 Å². The van der Waals surface area contributed by atoms with E-state index in [1.165, 1.54) is 32.9 Å². The molecule has 0 spiro atoms. The Balaban J connectivity index is 2.22. The van der Waals surface area contributed by atoms with Crippen molar-refractivity contribution in [1.82, 2.24) is 15.1 Å². The van der Waals surface area contributed by atoms with Gasteiger partial charge in [-0.15, -0.1) is 0 Å². The van der Waals surface area contributed by atoms with Gasteiger partial charge in [-0.25, -0.2) is 0 Å². The minimum Gasteiger partial charge on any atom is -0.481 e. The number of carbonyl (C=O) groups excluding carboxylic acids is 1. The molecule has 1 aliphatic rings. The molecular weight excluding hydrogens is 258 g/mol. The van der Waals surface area contributed by atoms with E-state index in [1.54, 1.807) is 0 Å². The fourth-order valence-corrected chi connectivity index (χ4v) is 2.45. The van der Waals surface area contributed by atoms with Crippen molar-refractivity contribution in [2.24, 2.45) is 0 Å². The quantitative estimate of drug-likeness (QED) is 0.568. The Morgan fingerprint density at radius 2 is 1.90 bits per heavy atom. The second-order valence-electron chi connectivity index (χ2n) is 5.37. The maximum Gasteiger partial charge on any atom is 0.304 e. The standard InChI is InChI=1S/C14H27N3O3/c1-13(18)15-6-4-9-17(10-5-14(19)20)12-11-16-7-2-3-8-16/h2-12H2,1H3,(H,15,18)(H,19,20). The monoisotopic (exact) mass is 285 g/mol. The minimum absolute atomic E-state index is 0.0147. The molecule has 2 N–H and O–H groups in total. The van der Waals surface area contributed by atoms with E-state index in [-0.39, 0.29) is 12.3 Å². The van der Waals surface area contributed by atoms with Crippen LogP contribution in [0.15, 0.2) is 0 Å². The van der Waals surface area contributed by atoms with Crippen molar-refractivity contribution >= 4 is 11.9 Å². The van der Waals surface area contributed by atoms with E-state index < -0.39 is 5.97 Å². The molecule has 1 amide bonds. The van der Waals surface area contributed by atoms with Crippen molar-refractivity contribution in [3.05, 3.63) is 0 Å². The van der Waals surface area contributed by atoms with Crippen molar-refractivity contribution in [1.29, 1.82) is 0 Å². The number of nitrogens with one attached hydrogen (secondary N) is 1. The van der Waals surface area contributed by atoms with E-state index in [1.807, 2.05) is 0 Å². The molecule has 1 saturated heterocycles. The average molecular weight is 285 g/mol. The molecule has 0 aliphatic carbocycles. The van der Waals surface area contributed by atoms with E-state index in [2.05, 4.69) is 15.1 Å². The van der Waals surface area contributed by atoms with Gasteiger partial charge in [-0.2, -0.15) is 0 Å². The smallest absolute Gasteiger partial charge is 0.304 e. The van der Waals surface area contributed by atoms with Crippen molar-refractivity contribution in [3.63, 3.8) is 0 Å². The first-order valence-corrected chi connectivity index (χ1v) is 7.49. The van der Waals surface area contributed by atoms with Crippen LogP contribution in [0, 0.1) is 0 Å². The molecule has 6 heteroatoms. The van der Waals surface area contributed by atoms with Crippen LogP contribution in [0.3, 0.4) is 0 Å². The highest BCUT2D eigenvalue weighted by atomic mass is 16.4. The van der Waals surface area contributed by atoms with Crippen molar-refractivity contribution in [2.45, 2.75) is 32.6 Å². The second-order valence-corrected chi connectivity index (χ2v) is 5.37. The number of carbonyl (C=O) groups is 2. The molecule has 20 heavy (non-hydrogen) atoms. The highest BCUT2D eigenvalue weighted by molar-refractivity contribution is 5.72. The van der Waals surface area contributed by atoms with Crippen LogP contribution in [0.1, 0.15) is 32.6 Å². The molecule has 1 aliphatic heterocycles. The third-order valence-corrected chi connectivity index (χ3v) is 3.60. The third-order valence-electron chi connectivity index (χ3n) is 3.60. The molecule has 0 aromatic rings. The Kier molecular flexibility index (Phi) is 8.22. The number of carboxylic acids is 1. The first-order chi connectivity index (χ1) is 9.58. The Bertz CT molecular complexity index is 304. The largest absolute Gasteiger partial charge is 0.481 e. The summed E-state index contributed by atoms with van der Waals surface area (Å²) in [6.07, 6.45) is 3.59. The van der Waals surface area contributed by atoms with Crippen molar-refractivity contribution in [3.8, 4) is 0 Å². The van der Waals surface area contributed by atoms with Crippen LogP contribution in [0.4, 0.5) is 0 Å². The lowest BCUT2D eigenvalue weighted by Crippen LogP contribution is -2.36. The summed E-state index contributed by atoms with van der Waals surface area (Å²) >= 11 is 0. The number of hydrogen-bond acceptors (Lipinski definition) is 4. The first-order valence-electron chi connectivity index (χ1n) is 7.49. The molecule has 0 saturated carbocycles. The van der Waals surface area contributed by atoms with Gasteiger partial charge in [-0.05, 0) is 38.9 Å². The van der Waals surface area contributed by atoms with Gasteiger partial charge in [0.05, 0.1) is 6.42 Å². The predicted molar refractivity (Wildman–Crippen MR) is 77.7 cm³/mol. The summed E-state index contributed by atoms with van der Waals surface area (Å²) in [6, 6.07) is 0. The summed E-state index contributed by atoms with van der Waals surface area (Å²) in [4.78, 5) is 26.1. The van der Waals surface area contributed by atoms with Gasteiger partial charge in [-0.1, -0.05) is 0 Å². The topological polar surface area (TPSA) is 72.9 Å². The molecule has 1 rings (SSSR count). The second kappa shape index (κ2) is 9.72. The average Bonchev–Trinajstić information content (AvgIpc) is 2.89. The lowest BCUT2D eigenvalue weighted by atomic mass is 10.3. The number of carboxylic acid groups (broad SMARTS) is 1. The molecule has 0 aromatic heterocycles. The number of likely N-dealkylation sites (tertiary alicyclic amines) is 1. The molecule has 0 atom stereocenters. The maximum atomic E-state index is 10.8. The first kappa shape index (κ1) is 16.9. The summed E-state index contributed by atoms with van der Waals surface area (Å²) in [6.45, 7) is 7.84. The van der Waals surface area contributed by atoms with Gasteiger partial charge in [0.2, 0.25) is 5.91 Å². The highest BCUT2D eigenvalue weighted by Gasteiger charge is 2.13. The van der Waals surface area contributed by atoms with E-state index in [4.69, 9.17) is 5.11 Å². The summed E-state index contributed by atoms with van der Waals surface area (Å²) in [5.41, 5.74) is 0. The Labute approximate surface area is 121 Å². The van der Waals surface area contributed by atoms with Crippen LogP contribution in [0.2, 0.25) is 0 Å². The van der Waals surface area contributed by atoms with Crippen molar-refractivity contribution < 1.29 is 14.7 Å². The summed E-state index contributed by atoms with van der Waals surface area (Å²) < 4.78 is 0. The number of aliphatic carboxylic acids is 1. The fourth-order valence-electron chi connectivity index (χ4n) is 2.45. The van der Waals surface area contributed by atoms with Gasteiger partial charge in [0.15, 0.2) is 0 Å². The van der Waals surface area contributed by atoms with Crippen LogP contribution in [-0.4, -0.2) is 72.6 Å². The van der Waals surface area contributed by atoms with Gasteiger partial charge in [0.1, 0.15) is 0 Å². The third kappa shape index (κ3) is 8.12. The highest BCUT2D eigenvalue weighted by Crippen LogP contribution is 2.07. The molecular formula is C14H27N3O3. The van der Waals surface area contributed by atoms with E-state index in [9.17, 15) is 9.59 Å². The van der Waals surface area contributed by atoms with Gasteiger partial charge < -0.3 is 20.2 Å².